The molecule has 9 heteroatoms. The largest absolute Gasteiger partial charge is 0.476 e. The summed E-state index contributed by atoms with van der Waals surface area (Å²) in [6, 6.07) is 2.89. The predicted octanol–water partition coefficient (Wildman–Crippen LogP) is 3.02. The van der Waals surface area contributed by atoms with Gasteiger partial charge in [-0.25, -0.2) is 9.78 Å². The minimum atomic E-state index is -4.55. The van der Waals surface area contributed by atoms with Crippen molar-refractivity contribution in [3.05, 3.63) is 45.5 Å². The first-order valence-corrected chi connectivity index (χ1v) is 7.00. The number of carbonyl (C=O) groups is 1. The van der Waals surface area contributed by atoms with E-state index < -0.39 is 23.3 Å². The number of aromatic nitrogens is 3. The first-order valence-electron chi connectivity index (χ1n) is 7.00. The van der Waals surface area contributed by atoms with E-state index in [1.807, 2.05) is 0 Å². The standard InChI is InChI=1S/C15H12F3N3O3/c1-6(2)11-10(14(23)24)20-12-13(22)19-8-5-7(15(16,17)18)3-4-9(8)21(11)12/h3-6H,1-2H3,(H,19,22)(H,23,24). The van der Waals surface area contributed by atoms with Crippen LogP contribution in [0.25, 0.3) is 16.7 Å². The first kappa shape index (κ1) is 16.0. The number of halogens is 3. The Morgan fingerprint density at radius 2 is 2.00 bits per heavy atom. The molecule has 0 fully saturated rings. The molecule has 0 aliphatic carbocycles. The van der Waals surface area contributed by atoms with Crippen molar-refractivity contribution in [2.45, 2.75) is 25.9 Å². The molecule has 2 heterocycles. The van der Waals surface area contributed by atoms with Gasteiger partial charge in [0, 0.05) is 0 Å². The van der Waals surface area contributed by atoms with Crippen molar-refractivity contribution >= 4 is 22.6 Å². The van der Waals surface area contributed by atoms with Gasteiger partial charge in [-0.2, -0.15) is 13.2 Å². The van der Waals surface area contributed by atoms with Crippen LogP contribution in [0, 0.1) is 0 Å². The quantitative estimate of drug-likeness (QED) is 0.751. The number of carboxylic acids is 1. The molecule has 0 amide bonds. The predicted molar refractivity (Wildman–Crippen MR) is 79.4 cm³/mol. The normalized spacial score (nSPS) is 12.4. The molecule has 0 atom stereocenters. The van der Waals surface area contributed by atoms with Crippen molar-refractivity contribution < 1.29 is 23.1 Å². The summed E-state index contributed by atoms with van der Waals surface area (Å²) in [5.74, 6) is -1.61. The van der Waals surface area contributed by atoms with Crippen LogP contribution < -0.4 is 5.56 Å². The van der Waals surface area contributed by atoms with Crippen LogP contribution in [0.1, 0.15) is 41.5 Å². The van der Waals surface area contributed by atoms with E-state index in [-0.39, 0.29) is 34.0 Å². The number of nitrogens with zero attached hydrogens (tertiary/aromatic N) is 2. The Balaban J connectivity index is 2.50. The molecule has 0 saturated carbocycles. The number of imidazole rings is 1. The second-order valence-electron chi connectivity index (χ2n) is 5.65. The lowest BCUT2D eigenvalue weighted by Crippen LogP contribution is -2.13. The van der Waals surface area contributed by atoms with Crippen LogP contribution in [0.3, 0.4) is 0 Å². The maximum Gasteiger partial charge on any atom is 0.416 e. The zero-order chi connectivity index (χ0) is 17.8. The van der Waals surface area contributed by atoms with Crippen molar-refractivity contribution in [2.24, 2.45) is 0 Å². The molecule has 0 saturated heterocycles. The molecule has 0 aliphatic heterocycles. The van der Waals surface area contributed by atoms with E-state index in [1.165, 1.54) is 10.5 Å². The summed E-state index contributed by atoms with van der Waals surface area (Å²) in [6.07, 6.45) is -4.55. The number of rotatable bonds is 2. The number of alkyl halides is 3. The highest BCUT2D eigenvalue weighted by atomic mass is 19.4. The number of carboxylic acid groups (broad SMARTS) is 1. The average molecular weight is 339 g/mol. The van der Waals surface area contributed by atoms with E-state index in [9.17, 15) is 27.9 Å². The van der Waals surface area contributed by atoms with Crippen LogP contribution in [0.5, 0.6) is 0 Å². The molecular formula is C15H12F3N3O3. The molecule has 24 heavy (non-hydrogen) atoms. The summed E-state index contributed by atoms with van der Waals surface area (Å²) in [6.45, 7) is 3.43. The molecule has 2 N–H and O–H groups in total. The third-order valence-electron chi connectivity index (χ3n) is 3.68. The lowest BCUT2D eigenvalue weighted by molar-refractivity contribution is -0.137. The van der Waals surface area contributed by atoms with E-state index in [2.05, 4.69) is 9.97 Å². The Morgan fingerprint density at radius 3 is 2.54 bits per heavy atom. The molecule has 0 radical (unpaired) electrons. The molecule has 2 aromatic heterocycles. The van der Waals surface area contributed by atoms with Gasteiger partial charge in [-0.1, -0.05) is 13.8 Å². The van der Waals surface area contributed by atoms with Gasteiger partial charge in [-0.15, -0.1) is 0 Å². The molecular weight excluding hydrogens is 327 g/mol. The molecule has 1 aromatic carbocycles. The fraction of sp³-hybridized carbons (Fsp3) is 0.267. The van der Waals surface area contributed by atoms with Gasteiger partial charge in [-0.3, -0.25) is 9.20 Å². The average Bonchev–Trinajstić information content (AvgIpc) is 2.87. The van der Waals surface area contributed by atoms with Crippen LogP contribution in [0.15, 0.2) is 23.0 Å². The minimum absolute atomic E-state index is 0.0430. The number of benzene rings is 1. The molecule has 6 nitrogen and oxygen atoms in total. The molecule has 0 unspecified atom stereocenters. The third kappa shape index (κ3) is 2.32. The summed E-state index contributed by atoms with van der Waals surface area (Å²) < 4.78 is 39.9. The van der Waals surface area contributed by atoms with Crippen LogP contribution in [0.2, 0.25) is 0 Å². The van der Waals surface area contributed by atoms with Crippen LogP contribution in [0.4, 0.5) is 13.2 Å². The van der Waals surface area contributed by atoms with Crippen molar-refractivity contribution in [1.82, 2.24) is 14.4 Å². The highest BCUT2D eigenvalue weighted by Gasteiger charge is 2.31. The van der Waals surface area contributed by atoms with Crippen molar-refractivity contribution in [1.29, 1.82) is 0 Å². The Hall–Kier alpha value is -2.84. The zero-order valence-electron chi connectivity index (χ0n) is 12.6. The Morgan fingerprint density at radius 1 is 1.33 bits per heavy atom. The van der Waals surface area contributed by atoms with Gasteiger partial charge in [0.25, 0.3) is 5.56 Å². The minimum Gasteiger partial charge on any atom is -0.476 e. The maximum atomic E-state index is 12.9. The summed E-state index contributed by atoms with van der Waals surface area (Å²) in [5, 5.41) is 9.29. The molecule has 0 spiro atoms. The molecule has 0 bridgehead atoms. The van der Waals surface area contributed by atoms with Gasteiger partial charge in [0.2, 0.25) is 5.65 Å². The number of fused-ring (bicyclic) bond motifs is 3. The highest BCUT2D eigenvalue weighted by Crippen LogP contribution is 2.31. The molecule has 3 aromatic rings. The summed E-state index contributed by atoms with van der Waals surface area (Å²) in [5.41, 5.74) is -1.65. The number of hydrogen-bond acceptors (Lipinski definition) is 3. The van der Waals surface area contributed by atoms with E-state index in [1.54, 1.807) is 13.8 Å². The number of nitrogens with one attached hydrogen (secondary N) is 1. The second-order valence-corrected chi connectivity index (χ2v) is 5.65. The van der Waals surface area contributed by atoms with E-state index in [0.29, 0.717) is 0 Å². The van der Waals surface area contributed by atoms with Crippen LogP contribution in [-0.2, 0) is 6.18 Å². The lowest BCUT2D eigenvalue weighted by Gasteiger charge is -2.11. The highest BCUT2D eigenvalue weighted by molar-refractivity contribution is 5.90. The van der Waals surface area contributed by atoms with Gasteiger partial charge < -0.3 is 10.1 Å². The van der Waals surface area contributed by atoms with Crippen molar-refractivity contribution in [2.75, 3.05) is 0 Å². The number of hydrogen-bond donors (Lipinski definition) is 2. The Bertz CT molecular complexity index is 1030. The van der Waals surface area contributed by atoms with Crippen LogP contribution in [-0.4, -0.2) is 25.4 Å². The smallest absolute Gasteiger partial charge is 0.416 e. The van der Waals surface area contributed by atoms with Gasteiger partial charge in [0.1, 0.15) is 0 Å². The van der Waals surface area contributed by atoms with E-state index >= 15 is 0 Å². The van der Waals surface area contributed by atoms with E-state index in [0.717, 1.165) is 12.1 Å². The fourth-order valence-electron chi connectivity index (χ4n) is 2.70. The number of H-pyrrole nitrogens is 1. The topological polar surface area (TPSA) is 87.5 Å². The molecule has 0 aliphatic rings. The van der Waals surface area contributed by atoms with Gasteiger partial charge in [0.05, 0.1) is 22.3 Å². The maximum absolute atomic E-state index is 12.9. The Labute approximate surface area is 132 Å². The number of aromatic carboxylic acids is 1. The van der Waals surface area contributed by atoms with Gasteiger partial charge >= 0.3 is 12.1 Å². The van der Waals surface area contributed by atoms with Gasteiger partial charge in [0.15, 0.2) is 5.69 Å². The summed E-state index contributed by atoms with van der Waals surface area (Å²) in [7, 11) is 0. The second kappa shape index (κ2) is 5.08. The fourth-order valence-corrected chi connectivity index (χ4v) is 2.70. The molecule has 126 valence electrons. The summed E-state index contributed by atoms with van der Waals surface area (Å²) in [4.78, 5) is 29.7. The monoisotopic (exact) mass is 339 g/mol. The lowest BCUT2D eigenvalue weighted by atomic mass is 10.1. The van der Waals surface area contributed by atoms with Crippen molar-refractivity contribution in [3.8, 4) is 0 Å². The van der Waals surface area contributed by atoms with E-state index in [4.69, 9.17) is 0 Å². The van der Waals surface area contributed by atoms with Crippen molar-refractivity contribution in [3.63, 3.8) is 0 Å². The number of aromatic amines is 1. The third-order valence-corrected chi connectivity index (χ3v) is 3.68. The first-order chi connectivity index (χ1) is 11.1. The van der Waals surface area contributed by atoms with Gasteiger partial charge in [-0.05, 0) is 24.1 Å². The summed E-state index contributed by atoms with van der Waals surface area (Å²) >= 11 is 0. The Kier molecular flexibility index (Phi) is 3.40. The molecule has 3 rings (SSSR count). The zero-order valence-corrected chi connectivity index (χ0v) is 12.6. The van der Waals surface area contributed by atoms with Crippen LogP contribution >= 0.6 is 0 Å². The SMILES string of the molecule is CC(C)c1c(C(=O)O)nc2c(=O)[nH]c3cc(C(F)(F)F)ccc3n12.